The maximum atomic E-state index is 12.2. The van der Waals surface area contributed by atoms with Gasteiger partial charge in [-0.2, -0.15) is 0 Å². The van der Waals surface area contributed by atoms with E-state index in [2.05, 4.69) is 0 Å². The second-order valence-electron chi connectivity index (χ2n) is 4.69. The van der Waals surface area contributed by atoms with Crippen molar-refractivity contribution in [2.75, 3.05) is 26.8 Å². The first kappa shape index (κ1) is 14.9. The van der Waals surface area contributed by atoms with E-state index in [1.54, 1.807) is 6.08 Å². The van der Waals surface area contributed by atoms with Gasteiger partial charge in [0.1, 0.15) is 6.61 Å². The number of fused-ring (bicyclic) bond motifs is 1. The quantitative estimate of drug-likeness (QED) is 0.870. The van der Waals surface area contributed by atoms with Gasteiger partial charge >= 0.3 is 0 Å². The average Bonchev–Trinajstić information content (AvgIpc) is 2.46. The van der Waals surface area contributed by atoms with Crippen LogP contribution in [0.1, 0.15) is 12.5 Å². The van der Waals surface area contributed by atoms with Crippen molar-refractivity contribution >= 4 is 17.9 Å². The van der Waals surface area contributed by atoms with Crippen LogP contribution in [0.2, 0.25) is 0 Å². The molecule has 2 amide bonds. The largest absolute Gasteiger partial charge is 0.490 e. The Kier molecular flexibility index (Phi) is 4.47. The van der Waals surface area contributed by atoms with Crippen molar-refractivity contribution in [3.8, 4) is 11.5 Å². The molecule has 1 aliphatic heterocycles. The smallest absolute Gasteiger partial charge is 0.253 e. The Morgan fingerprint density at radius 1 is 1.43 bits per heavy atom. The highest BCUT2D eigenvalue weighted by molar-refractivity contribution is 6.00. The van der Waals surface area contributed by atoms with Crippen LogP contribution in [0.4, 0.5) is 0 Å². The van der Waals surface area contributed by atoms with Gasteiger partial charge in [-0.1, -0.05) is 12.1 Å². The van der Waals surface area contributed by atoms with Gasteiger partial charge in [-0.15, -0.1) is 0 Å². The number of hydrogen-bond acceptors (Lipinski definition) is 4. The molecule has 0 aromatic heterocycles. The monoisotopic (exact) mass is 290 g/mol. The van der Waals surface area contributed by atoms with E-state index in [0.717, 1.165) is 5.56 Å². The zero-order chi connectivity index (χ0) is 15.4. The van der Waals surface area contributed by atoms with Crippen LogP contribution in [0, 0.1) is 0 Å². The van der Waals surface area contributed by atoms with Gasteiger partial charge in [-0.05, 0) is 19.1 Å². The summed E-state index contributed by atoms with van der Waals surface area (Å²) in [5.74, 6) is 0.458. The first-order valence-corrected chi connectivity index (χ1v) is 6.66. The minimum absolute atomic E-state index is 0.123. The molecule has 0 radical (unpaired) electrons. The molecule has 0 saturated heterocycles. The lowest BCUT2D eigenvalue weighted by atomic mass is 10.1. The molecule has 6 heteroatoms. The van der Waals surface area contributed by atoms with E-state index in [0.29, 0.717) is 23.7 Å². The van der Waals surface area contributed by atoms with Crippen LogP contribution < -0.4 is 15.2 Å². The number of amides is 2. The van der Waals surface area contributed by atoms with E-state index >= 15 is 0 Å². The number of carbonyl (C=O) groups is 2. The van der Waals surface area contributed by atoms with E-state index in [1.165, 1.54) is 11.9 Å². The molecule has 1 aromatic rings. The fourth-order valence-electron chi connectivity index (χ4n) is 2.12. The number of ether oxygens (including phenoxy) is 2. The fourth-order valence-corrected chi connectivity index (χ4v) is 2.12. The van der Waals surface area contributed by atoms with E-state index in [1.807, 2.05) is 25.1 Å². The summed E-state index contributed by atoms with van der Waals surface area (Å²) in [4.78, 5) is 24.3. The number of primary amides is 1. The third-order valence-corrected chi connectivity index (χ3v) is 3.03. The molecule has 112 valence electrons. The van der Waals surface area contributed by atoms with Gasteiger partial charge in [0.25, 0.3) is 5.91 Å². The fraction of sp³-hybridized carbons (Fsp3) is 0.333. The standard InChI is InChI=1S/C15H18N2O4/c1-3-20-12-6-4-5-10-7-11(9-21-14(10)12)15(19)17(2)8-13(16)18/h4-7H,3,8-9H2,1-2H3,(H2,16,18). The molecule has 21 heavy (non-hydrogen) atoms. The summed E-state index contributed by atoms with van der Waals surface area (Å²) in [6, 6.07) is 5.50. The number of carbonyl (C=O) groups excluding carboxylic acids is 2. The molecule has 2 rings (SSSR count). The molecule has 1 aliphatic rings. The molecule has 6 nitrogen and oxygen atoms in total. The molecule has 2 N–H and O–H groups in total. The van der Waals surface area contributed by atoms with Crippen molar-refractivity contribution in [3.63, 3.8) is 0 Å². The molecular weight excluding hydrogens is 272 g/mol. The number of hydrogen-bond donors (Lipinski definition) is 1. The third-order valence-electron chi connectivity index (χ3n) is 3.03. The van der Waals surface area contributed by atoms with Crippen LogP contribution in [0.15, 0.2) is 23.8 Å². The molecule has 0 fully saturated rings. The highest BCUT2D eigenvalue weighted by Crippen LogP contribution is 2.35. The highest BCUT2D eigenvalue weighted by Gasteiger charge is 2.22. The molecule has 0 atom stereocenters. The summed E-state index contributed by atoms with van der Waals surface area (Å²) in [5.41, 5.74) is 6.34. The Bertz CT molecular complexity index is 595. The van der Waals surface area contributed by atoms with Crippen molar-refractivity contribution in [2.24, 2.45) is 5.73 Å². The number of nitrogens with two attached hydrogens (primary N) is 1. The van der Waals surface area contributed by atoms with Gasteiger partial charge in [0.05, 0.1) is 18.7 Å². The minimum Gasteiger partial charge on any atom is -0.490 e. The Balaban J connectivity index is 2.24. The molecular formula is C15H18N2O4. The Labute approximate surface area is 123 Å². The van der Waals surface area contributed by atoms with Crippen LogP contribution in [-0.2, 0) is 9.59 Å². The van der Waals surface area contributed by atoms with E-state index in [9.17, 15) is 9.59 Å². The summed E-state index contributed by atoms with van der Waals surface area (Å²) < 4.78 is 11.1. The normalized spacial score (nSPS) is 12.8. The third kappa shape index (κ3) is 3.34. The van der Waals surface area contributed by atoms with E-state index in [-0.39, 0.29) is 19.1 Å². The lowest BCUT2D eigenvalue weighted by Gasteiger charge is -2.23. The molecule has 1 heterocycles. The van der Waals surface area contributed by atoms with Crippen molar-refractivity contribution in [1.29, 1.82) is 0 Å². The lowest BCUT2D eigenvalue weighted by molar-refractivity contribution is -0.130. The van der Waals surface area contributed by atoms with E-state index in [4.69, 9.17) is 15.2 Å². The Morgan fingerprint density at radius 2 is 2.19 bits per heavy atom. The number of para-hydroxylation sites is 1. The molecule has 1 aromatic carbocycles. The van der Waals surface area contributed by atoms with Crippen molar-refractivity contribution in [2.45, 2.75) is 6.92 Å². The molecule has 0 spiro atoms. The number of likely N-dealkylation sites (N-methyl/N-ethyl adjacent to an activating group) is 1. The molecule has 0 bridgehead atoms. The number of rotatable bonds is 5. The average molecular weight is 290 g/mol. The molecule has 0 aliphatic carbocycles. The first-order valence-electron chi connectivity index (χ1n) is 6.66. The highest BCUT2D eigenvalue weighted by atomic mass is 16.5. The molecule has 0 unspecified atom stereocenters. The van der Waals surface area contributed by atoms with Crippen molar-refractivity contribution < 1.29 is 19.1 Å². The van der Waals surface area contributed by atoms with Gasteiger partial charge in [0, 0.05) is 12.6 Å². The van der Waals surface area contributed by atoms with Crippen LogP contribution in [0.25, 0.3) is 6.08 Å². The zero-order valence-corrected chi connectivity index (χ0v) is 12.1. The van der Waals surface area contributed by atoms with Gasteiger partial charge < -0.3 is 20.1 Å². The Morgan fingerprint density at radius 3 is 2.86 bits per heavy atom. The van der Waals surface area contributed by atoms with Gasteiger partial charge in [-0.3, -0.25) is 9.59 Å². The SMILES string of the molecule is CCOc1cccc2c1OCC(C(=O)N(C)CC(N)=O)=C2. The van der Waals surface area contributed by atoms with Crippen molar-refractivity contribution in [1.82, 2.24) is 4.90 Å². The van der Waals surface area contributed by atoms with Crippen molar-refractivity contribution in [3.05, 3.63) is 29.3 Å². The van der Waals surface area contributed by atoms with Gasteiger partial charge in [-0.25, -0.2) is 0 Å². The summed E-state index contributed by atoms with van der Waals surface area (Å²) >= 11 is 0. The zero-order valence-electron chi connectivity index (χ0n) is 12.1. The van der Waals surface area contributed by atoms with Gasteiger partial charge in [0.2, 0.25) is 5.91 Å². The topological polar surface area (TPSA) is 81.9 Å². The number of nitrogens with zero attached hydrogens (tertiary/aromatic N) is 1. The van der Waals surface area contributed by atoms with Gasteiger partial charge in [0.15, 0.2) is 11.5 Å². The van der Waals surface area contributed by atoms with Crippen LogP contribution in [0.5, 0.6) is 11.5 Å². The second kappa shape index (κ2) is 6.30. The predicted molar refractivity (Wildman–Crippen MR) is 77.9 cm³/mol. The van der Waals surface area contributed by atoms with Crippen LogP contribution >= 0.6 is 0 Å². The summed E-state index contributed by atoms with van der Waals surface area (Å²) in [5, 5.41) is 0. The maximum absolute atomic E-state index is 12.2. The Hall–Kier alpha value is -2.50. The summed E-state index contributed by atoms with van der Waals surface area (Å²) in [6.07, 6.45) is 1.75. The van der Waals surface area contributed by atoms with Crippen LogP contribution in [0.3, 0.4) is 0 Å². The van der Waals surface area contributed by atoms with E-state index < -0.39 is 5.91 Å². The first-order chi connectivity index (χ1) is 10.0. The predicted octanol–water partition coefficient (Wildman–Crippen LogP) is 0.805. The summed E-state index contributed by atoms with van der Waals surface area (Å²) in [7, 11) is 1.53. The second-order valence-corrected chi connectivity index (χ2v) is 4.69. The molecule has 0 saturated carbocycles. The minimum atomic E-state index is -0.554. The lowest BCUT2D eigenvalue weighted by Crippen LogP contribution is -2.37. The summed E-state index contributed by atoms with van der Waals surface area (Å²) in [6.45, 7) is 2.45. The number of benzene rings is 1. The van der Waals surface area contributed by atoms with Crippen LogP contribution in [-0.4, -0.2) is 43.5 Å². The maximum Gasteiger partial charge on any atom is 0.253 e.